The fourth-order valence-corrected chi connectivity index (χ4v) is 2.12. The number of carbonyl (C=O) groups is 1. The number of carbonyl (C=O) groups excluding carboxylic acids is 1. The van der Waals surface area contributed by atoms with Gasteiger partial charge in [0.1, 0.15) is 11.4 Å². The van der Waals surface area contributed by atoms with Crippen molar-refractivity contribution in [2.45, 2.75) is 19.4 Å². The van der Waals surface area contributed by atoms with Crippen LogP contribution in [0.25, 0.3) is 0 Å². The maximum atomic E-state index is 13.1. The fraction of sp³-hybridized carbons (Fsp3) is 0.250. The highest BCUT2D eigenvalue weighted by atomic mass is 19.1. The van der Waals surface area contributed by atoms with Crippen LogP contribution in [0.5, 0.6) is 5.75 Å². The smallest absolute Gasteiger partial charge is 0.270 e. The van der Waals surface area contributed by atoms with Crippen molar-refractivity contribution in [1.82, 2.24) is 10.3 Å². The second kappa shape index (κ2) is 6.83. The number of aromatic nitrogens is 1. The molecule has 1 heterocycles. The maximum Gasteiger partial charge on any atom is 0.270 e. The highest BCUT2D eigenvalue weighted by Crippen LogP contribution is 2.26. The summed E-state index contributed by atoms with van der Waals surface area (Å²) in [6.07, 6.45) is 0.682. The number of nitrogens with zero attached hydrogens (tertiary/aromatic N) is 1. The molecular weight excluding hydrogens is 271 g/mol. The average molecular weight is 288 g/mol. The van der Waals surface area contributed by atoms with Gasteiger partial charge in [-0.15, -0.1) is 0 Å². The monoisotopic (exact) mass is 288 g/mol. The van der Waals surface area contributed by atoms with Gasteiger partial charge in [0.25, 0.3) is 5.91 Å². The van der Waals surface area contributed by atoms with Crippen LogP contribution in [-0.2, 0) is 0 Å². The van der Waals surface area contributed by atoms with E-state index in [0.29, 0.717) is 12.2 Å². The van der Waals surface area contributed by atoms with Crippen molar-refractivity contribution in [3.63, 3.8) is 0 Å². The zero-order chi connectivity index (χ0) is 15.2. The van der Waals surface area contributed by atoms with Gasteiger partial charge in [0.15, 0.2) is 0 Å². The molecule has 0 aliphatic carbocycles. The molecule has 21 heavy (non-hydrogen) atoms. The SMILES string of the molecule is CCC(NC(=O)c1cccc(F)n1)c1ccccc1OC. The lowest BCUT2D eigenvalue weighted by atomic mass is 10.0. The normalized spacial score (nSPS) is 11.8. The Balaban J connectivity index is 2.21. The van der Waals surface area contributed by atoms with Gasteiger partial charge < -0.3 is 10.1 Å². The van der Waals surface area contributed by atoms with Gasteiger partial charge in [-0.3, -0.25) is 4.79 Å². The molecule has 0 radical (unpaired) electrons. The van der Waals surface area contributed by atoms with E-state index in [1.54, 1.807) is 7.11 Å². The minimum atomic E-state index is -0.673. The van der Waals surface area contributed by atoms with Gasteiger partial charge in [0.05, 0.1) is 13.2 Å². The molecule has 1 amide bonds. The molecule has 110 valence electrons. The van der Waals surface area contributed by atoms with Crippen molar-refractivity contribution >= 4 is 5.91 Å². The minimum Gasteiger partial charge on any atom is -0.496 e. The highest BCUT2D eigenvalue weighted by molar-refractivity contribution is 5.92. The van der Waals surface area contributed by atoms with Crippen LogP contribution >= 0.6 is 0 Å². The number of hydrogen-bond acceptors (Lipinski definition) is 3. The van der Waals surface area contributed by atoms with Crippen molar-refractivity contribution in [3.8, 4) is 5.75 Å². The lowest BCUT2D eigenvalue weighted by molar-refractivity contribution is 0.0929. The first-order valence-electron chi connectivity index (χ1n) is 6.72. The quantitative estimate of drug-likeness (QED) is 0.860. The lowest BCUT2D eigenvalue weighted by Gasteiger charge is -2.19. The molecule has 0 fully saturated rings. The average Bonchev–Trinajstić information content (AvgIpc) is 2.52. The molecule has 0 aliphatic rings. The van der Waals surface area contributed by atoms with Crippen molar-refractivity contribution in [2.75, 3.05) is 7.11 Å². The minimum absolute atomic E-state index is 0.0587. The molecule has 5 heteroatoms. The van der Waals surface area contributed by atoms with E-state index in [1.165, 1.54) is 18.2 Å². The Bertz CT molecular complexity index is 631. The number of nitrogens with one attached hydrogen (secondary N) is 1. The van der Waals surface area contributed by atoms with Crippen LogP contribution in [0, 0.1) is 5.95 Å². The van der Waals surface area contributed by atoms with Crippen LogP contribution in [0.4, 0.5) is 4.39 Å². The van der Waals surface area contributed by atoms with Crippen LogP contribution in [-0.4, -0.2) is 18.0 Å². The first-order chi connectivity index (χ1) is 10.2. The highest BCUT2D eigenvalue weighted by Gasteiger charge is 2.18. The van der Waals surface area contributed by atoms with Crippen molar-refractivity contribution in [3.05, 3.63) is 59.7 Å². The van der Waals surface area contributed by atoms with E-state index in [1.807, 2.05) is 31.2 Å². The van der Waals surface area contributed by atoms with Crippen molar-refractivity contribution < 1.29 is 13.9 Å². The van der Waals surface area contributed by atoms with Gasteiger partial charge in [0, 0.05) is 5.56 Å². The molecule has 4 nitrogen and oxygen atoms in total. The van der Waals surface area contributed by atoms with E-state index < -0.39 is 11.9 Å². The molecule has 1 unspecified atom stereocenters. The molecule has 0 aliphatic heterocycles. The predicted molar refractivity (Wildman–Crippen MR) is 77.7 cm³/mol. The largest absolute Gasteiger partial charge is 0.496 e. The first kappa shape index (κ1) is 15.0. The molecule has 0 bridgehead atoms. The first-order valence-corrected chi connectivity index (χ1v) is 6.72. The van der Waals surface area contributed by atoms with Crippen LogP contribution in [0.15, 0.2) is 42.5 Å². The molecule has 0 spiro atoms. The molecule has 2 rings (SSSR count). The van der Waals surface area contributed by atoms with E-state index >= 15 is 0 Å². The van der Waals surface area contributed by atoms with E-state index in [0.717, 1.165) is 5.56 Å². The van der Waals surface area contributed by atoms with Crippen molar-refractivity contribution in [1.29, 1.82) is 0 Å². The Morgan fingerprint density at radius 2 is 2.05 bits per heavy atom. The number of benzene rings is 1. The molecule has 0 saturated carbocycles. The number of methoxy groups -OCH3 is 1. The zero-order valence-electron chi connectivity index (χ0n) is 12.0. The Morgan fingerprint density at radius 3 is 2.71 bits per heavy atom. The number of pyridine rings is 1. The Labute approximate surface area is 123 Å². The molecule has 1 N–H and O–H groups in total. The topological polar surface area (TPSA) is 51.2 Å². The van der Waals surface area contributed by atoms with Gasteiger partial charge >= 0.3 is 0 Å². The molecular formula is C16H17FN2O2. The predicted octanol–water partition coefficient (Wildman–Crippen LogP) is 3.11. The maximum absolute atomic E-state index is 13.1. The number of ether oxygens (including phenoxy) is 1. The summed E-state index contributed by atoms with van der Waals surface area (Å²) in [6.45, 7) is 1.95. The summed E-state index contributed by atoms with van der Waals surface area (Å²) in [5.41, 5.74) is 0.940. The van der Waals surface area contributed by atoms with E-state index in [4.69, 9.17) is 4.74 Å². The summed E-state index contributed by atoms with van der Waals surface area (Å²) in [5, 5.41) is 2.85. The van der Waals surface area contributed by atoms with Crippen LogP contribution in [0.1, 0.15) is 35.4 Å². The van der Waals surface area contributed by atoms with E-state index in [9.17, 15) is 9.18 Å². The molecule has 1 aromatic carbocycles. The third kappa shape index (κ3) is 3.56. The lowest BCUT2D eigenvalue weighted by Crippen LogP contribution is -2.29. The van der Waals surface area contributed by atoms with Gasteiger partial charge in [0.2, 0.25) is 5.95 Å². The third-order valence-corrected chi connectivity index (χ3v) is 3.18. The number of hydrogen-bond donors (Lipinski definition) is 1. The summed E-state index contributed by atoms with van der Waals surface area (Å²) >= 11 is 0. The standard InChI is InChI=1S/C16H17FN2O2/c1-3-12(11-7-4-5-9-14(11)21-2)19-16(20)13-8-6-10-15(17)18-13/h4-10,12H,3H2,1-2H3,(H,19,20). The number of rotatable bonds is 5. The molecule has 0 saturated heterocycles. The molecule has 2 aromatic rings. The zero-order valence-corrected chi connectivity index (χ0v) is 12.0. The second-order valence-electron chi connectivity index (χ2n) is 4.52. The molecule has 1 aromatic heterocycles. The van der Waals surface area contributed by atoms with E-state index in [-0.39, 0.29) is 11.7 Å². The summed E-state index contributed by atoms with van der Waals surface area (Å²) in [4.78, 5) is 15.7. The van der Waals surface area contributed by atoms with E-state index in [2.05, 4.69) is 10.3 Å². The number of halogens is 1. The van der Waals surface area contributed by atoms with Crippen molar-refractivity contribution in [2.24, 2.45) is 0 Å². The van der Waals surface area contributed by atoms with Crippen LogP contribution < -0.4 is 10.1 Å². The molecule has 1 atom stereocenters. The summed E-state index contributed by atoms with van der Waals surface area (Å²) in [5.74, 6) is -0.378. The summed E-state index contributed by atoms with van der Waals surface area (Å²) in [6, 6.07) is 11.4. The van der Waals surface area contributed by atoms with Crippen LogP contribution in [0.3, 0.4) is 0 Å². The van der Waals surface area contributed by atoms with Gasteiger partial charge in [-0.2, -0.15) is 4.39 Å². The van der Waals surface area contributed by atoms with Gasteiger partial charge in [-0.1, -0.05) is 31.2 Å². The Hall–Kier alpha value is -2.43. The Kier molecular flexibility index (Phi) is 4.87. The third-order valence-electron chi connectivity index (χ3n) is 3.18. The Morgan fingerprint density at radius 1 is 1.29 bits per heavy atom. The fourth-order valence-electron chi connectivity index (χ4n) is 2.12. The van der Waals surface area contributed by atoms with Gasteiger partial charge in [-0.25, -0.2) is 4.98 Å². The summed E-state index contributed by atoms with van der Waals surface area (Å²) in [7, 11) is 1.58. The number of amides is 1. The number of para-hydroxylation sites is 1. The van der Waals surface area contributed by atoms with Crippen LogP contribution in [0.2, 0.25) is 0 Å². The second-order valence-corrected chi connectivity index (χ2v) is 4.52. The van der Waals surface area contributed by atoms with Gasteiger partial charge in [-0.05, 0) is 24.6 Å². The summed E-state index contributed by atoms with van der Waals surface area (Å²) < 4.78 is 18.4.